The number of aliphatic carboxylic acids is 1. The van der Waals surface area contributed by atoms with Crippen molar-refractivity contribution >= 4 is 21.9 Å². The lowest BCUT2D eigenvalue weighted by Gasteiger charge is -2.18. The summed E-state index contributed by atoms with van der Waals surface area (Å²) in [5.74, 6) is -2.84. The number of para-hydroxylation sites is 2. The number of nitrogens with zero attached hydrogens (tertiary/aromatic N) is 2. The van der Waals surface area contributed by atoms with Crippen LogP contribution >= 0.6 is 15.9 Å². The maximum atomic E-state index is 14.7. The van der Waals surface area contributed by atoms with Gasteiger partial charge in [-0.05, 0) is 34.1 Å². The van der Waals surface area contributed by atoms with E-state index in [4.69, 9.17) is 19.3 Å². The van der Waals surface area contributed by atoms with Crippen LogP contribution in [0.25, 0.3) is 5.69 Å². The lowest BCUT2D eigenvalue weighted by Crippen LogP contribution is -2.41. The van der Waals surface area contributed by atoms with Crippen LogP contribution in [0, 0.1) is 5.82 Å². The van der Waals surface area contributed by atoms with E-state index in [1.54, 1.807) is 0 Å². The first kappa shape index (κ1) is 26.0. The van der Waals surface area contributed by atoms with Crippen molar-refractivity contribution in [1.29, 1.82) is 0 Å². The van der Waals surface area contributed by atoms with E-state index in [1.807, 2.05) is 0 Å². The Morgan fingerprint density at radius 1 is 1.09 bits per heavy atom. The van der Waals surface area contributed by atoms with Crippen molar-refractivity contribution < 1.29 is 41.7 Å². The summed E-state index contributed by atoms with van der Waals surface area (Å²) in [4.78, 5) is 36.1. The Bertz CT molecular complexity index is 1400. The monoisotopic (exact) mass is 562 g/mol. The summed E-state index contributed by atoms with van der Waals surface area (Å²) in [5.41, 5.74) is -5.04. The molecule has 1 aromatic heterocycles. The maximum Gasteiger partial charge on any atom is 0.431 e. The van der Waals surface area contributed by atoms with Crippen LogP contribution in [0.4, 0.5) is 17.6 Å². The second kappa shape index (κ2) is 9.92. The summed E-state index contributed by atoms with van der Waals surface area (Å²) in [6, 6.07) is 7.68. The molecule has 0 fully saturated rings. The average molecular weight is 563 g/mol. The zero-order chi connectivity index (χ0) is 26.1. The molecular weight excluding hydrogens is 548 g/mol. The molecule has 0 aliphatic carbocycles. The van der Waals surface area contributed by atoms with Gasteiger partial charge in [-0.1, -0.05) is 12.1 Å². The Balaban J connectivity index is 2.11. The second-order valence-electron chi connectivity index (χ2n) is 6.85. The molecule has 0 amide bonds. The van der Waals surface area contributed by atoms with Gasteiger partial charge in [0.1, 0.15) is 17.3 Å². The molecule has 9 nitrogen and oxygen atoms in total. The molecule has 1 atom stereocenters. The van der Waals surface area contributed by atoms with E-state index in [1.165, 1.54) is 24.3 Å². The van der Waals surface area contributed by atoms with Crippen LogP contribution in [0.1, 0.15) is 5.69 Å². The summed E-state index contributed by atoms with van der Waals surface area (Å²) in [6.07, 6.45) is -6.67. The number of alkyl halides is 3. The predicted molar refractivity (Wildman–Crippen MR) is 116 cm³/mol. The number of carboxylic acids is 1. The summed E-state index contributed by atoms with van der Waals surface area (Å²) in [6.45, 7) is 0. The number of carboxylic acid groups (broad SMARTS) is 1. The van der Waals surface area contributed by atoms with Crippen molar-refractivity contribution in [3.8, 4) is 22.9 Å². The highest BCUT2D eigenvalue weighted by Gasteiger charge is 2.35. The predicted octanol–water partition coefficient (Wildman–Crippen LogP) is 3.68. The van der Waals surface area contributed by atoms with Crippen LogP contribution in [-0.2, 0) is 22.8 Å². The van der Waals surface area contributed by atoms with E-state index in [2.05, 4.69) is 15.9 Å². The average Bonchev–Trinajstić information content (AvgIpc) is 2.77. The molecule has 3 rings (SSSR count). The Morgan fingerprint density at radius 3 is 2.29 bits per heavy atom. The standard InChI is InChI=1S/C21H15BrF4N2O7/c1-27-16(21(24,25)26)9-17(29)28(20(27)32)12-8-15(10(22)7-11(12)23)34-13-5-3-4-6-14(13)35-19(33-2)18(30)31/h3-9,19H,1-2H3,(H,30,31)/t19-/m1/s1. The molecule has 2 aromatic carbocycles. The number of methoxy groups -OCH3 is 1. The molecule has 0 bridgehead atoms. The molecule has 3 aromatic rings. The Kier molecular flexibility index (Phi) is 7.36. The topological polar surface area (TPSA) is 109 Å². The number of hydrogen-bond donors (Lipinski definition) is 1. The third-order valence-corrected chi connectivity index (χ3v) is 5.19. The first-order valence-electron chi connectivity index (χ1n) is 9.44. The smallest absolute Gasteiger partial charge is 0.431 e. The van der Waals surface area contributed by atoms with E-state index in [-0.39, 0.29) is 36.9 Å². The first-order valence-corrected chi connectivity index (χ1v) is 10.2. The molecule has 35 heavy (non-hydrogen) atoms. The zero-order valence-electron chi connectivity index (χ0n) is 17.8. The fourth-order valence-electron chi connectivity index (χ4n) is 2.95. The van der Waals surface area contributed by atoms with Crippen molar-refractivity contribution in [1.82, 2.24) is 9.13 Å². The quantitative estimate of drug-likeness (QED) is 0.345. The van der Waals surface area contributed by atoms with Crippen LogP contribution in [0.2, 0.25) is 0 Å². The van der Waals surface area contributed by atoms with Crippen molar-refractivity contribution in [2.45, 2.75) is 12.5 Å². The number of halogens is 5. The van der Waals surface area contributed by atoms with Crippen LogP contribution in [0.3, 0.4) is 0 Å². The van der Waals surface area contributed by atoms with Crippen molar-refractivity contribution in [3.63, 3.8) is 0 Å². The van der Waals surface area contributed by atoms with E-state index >= 15 is 0 Å². The normalized spacial score (nSPS) is 12.3. The Hall–Kier alpha value is -3.65. The first-order chi connectivity index (χ1) is 16.3. The van der Waals surface area contributed by atoms with Gasteiger partial charge in [-0.2, -0.15) is 13.2 Å². The SMILES string of the molecule is CO[C@H](Oc1ccccc1Oc1cc(-n2c(=O)cc(C(F)(F)F)n(C)c2=O)c(F)cc1Br)C(=O)O. The van der Waals surface area contributed by atoms with Crippen molar-refractivity contribution in [2.75, 3.05) is 7.11 Å². The molecule has 1 heterocycles. The zero-order valence-corrected chi connectivity index (χ0v) is 19.4. The lowest BCUT2D eigenvalue weighted by atomic mass is 10.2. The summed E-state index contributed by atoms with van der Waals surface area (Å²) >= 11 is 3.07. The third kappa shape index (κ3) is 5.38. The van der Waals surface area contributed by atoms with Crippen molar-refractivity contribution in [2.24, 2.45) is 7.05 Å². The molecule has 0 aliphatic rings. The Labute approximate surface area is 201 Å². The van der Waals surface area contributed by atoms with Crippen molar-refractivity contribution in [3.05, 3.63) is 79.3 Å². The third-order valence-electron chi connectivity index (χ3n) is 4.57. The molecule has 14 heteroatoms. The van der Waals surface area contributed by atoms with E-state index in [0.29, 0.717) is 0 Å². The Morgan fingerprint density at radius 2 is 1.71 bits per heavy atom. The van der Waals surface area contributed by atoms with E-state index in [0.717, 1.165) is 26.3 Å². The van der Waals surface area contributed by atoms with Crippen LogP contribution in [0.15, 0.2) is 56.5 Å². The van der Waals surface area contributed by atoms with Gasteiger partial charge in [0.2, 0.25) is 0 Å². The molecule has 0 spiro atoms. The summed E-state index contributed by atoms with van der Waals surface area (Å²) in [5, 5.41) is 9.12. The van der Waals surface area contributed by atoms with Crippen LogP contribution in [-0.4, -0.2) is 33.6 Å². The molecule has 0 saturated carbocycles. The highest BCUT2D eigenvalue weighted by atomic mass is 79.9. The van der Waals surface area contributed by atoms with Gasteiger partial charge in [-0.25, -0.2) is 18.5 Å². The van der Waals surface area contributed by atoms with Gasteiger partial charge in [0.15, 0.2) is 11.5 Å². The van der Waals surface area contributed by atoms with Crippen LogP contribution < -0.4 is 20.7 Å². The summed E-state index contributed by atoms with van der Waals surface area (Å²) in [7, 11) is 1.89. The number of aromatic nitrogens is 2. The van der Waals surface area contributed by atoms with Gasteiger partial charge in [-0.3, -0.25) is 9.36 Å². The van der Waals surface area contributed by atoms with Gasteiger partial charge in [0.05, 0.1) is 10.2 Å². The van der Waals surface area contributed by atoms with Gasteiger partial charge in [0, 0.05) is 26.3 Å². The van der Waals surface area contributed by atoms with Gasteiger partial charge >= 0.3 is 17.8 Å². The molecule has 0 aliphatic heterocycles. The summed E-state index contributed by atoms with van der Waals surface area (Å²) < 4.78 is 70.2. The molecule has 0 saturated heterocycles. The number of ether oxygens (including phenoxy) is 3. The minimum Gasteiger partial charge on any atom is -0.477 e. The second-order valence-corrected chi connectivity index (χ2v) is 7.70. The molecule has 1 N–H and O–H groups in total. The lowest BCUT2D eigenvalue weighted by molar-refractivity contribution is -0.166. The van der Waals surface area contributed by atoms with Gasteiger partial charge < -0.3 is 19.3 Å². The maximum absolute atomic E-state index is 14.7. The molecule has 186 valence electrons. The highest BCUT2D eigenvalue weighted by molar-refractivity contribution is 9.10. The fraction of sp³-hybridized carbons (Fsp3) is 0.190. The largest absolute Gasteiger partial charge is 0.477 e. The number of rotatable bonds is 7. The van der Waals surface area contributed by atoms with Crippen LogP contribution in [0.5, 0.6) is 17.2 Å². The number of benzene rings is 2. The van der Waals surface area contributed by atoms with Gasteiger partial charge in [-0.15, -0.1) is 0 Å². The highest BCUT2D eigenvalue weighted by Crippen LogP contribution is 2.37. The number of hydrogen-bond acceptors (Lipinski definition) is 6. The number of carbonyl (C=O) groups is 1. The van der Waals surface area contributed by atoms with Gasteiger partial charge in [0.25, 0.3) is 11.8 Å². The fourth-order valence-corrected chi connectivity index (χ4v) is 3.35. The minimum atomic E-state index is -4.99. The molecule has 0 unspecified atom stereocenters. The minimum absolute atomic E-state index is 0.00636. The molecule has 0 radical (unpaired) electrons. The van der Waals surface area contributed by atoms with E-state index < -0.39 is 46.9 Å². The molecular formula is C21H15BrF4N2O7. The van der Waals surface area contributed by atoms with E-state index in [9.17, 15) is 31.9 Å².